The minimum Gasteiger partial charge on any atom is -0.198 e. The number of nitrogens with zero attached hydrogens (tertiary/aromatic N) is 1. The second kappa shape index (κ2) is 5.00. The summed E-state index contributed by atoms with van der Waals surface area (Å²) in [6.45, 7) is 0. The van der Waals surface area contributed by atoms with E-state index in [2.05, 4.69) is 6.07 Å². The van der Waals surface area contributed by atoms with E-state index in [1.807, 2.05) is 18.2 Å². The molecule has 1 aromatic carbocycles. The molecule has 3 rings (SSSR count). The molecule has 0 bridgehead atoms. The van der Waals surface area contributed by atoms with Gasteiger partial charge < -0.3 is 0 Å². The van der Waals surface area contributed by atoms with Crippen molar-refractivity contribution < 1.29 is 12.7 Å². The van der Waals surface area contributed by atoms with E-state index < -0.39 is 19.7 Å². The molecule has 2 aliphatic rings. The minimum atomic E-state index is -3.91. The molecular formula is C12H12Cl3NO3S. The molecule has 0 aromatic heterocycles. The fourth-order valence-electron chi connectivity index (χ4n) is 2.70. The molecule has 4 nitrogen and oxygen atoms in total. The highest BCUT2D eigenvalue weighted by Crippen LogP contribution is 2.51. The zero-order chi connectivity index (χ0) is 14.5. The largest absolute Gasteiger partial charge is 0.287 e. The third-order valence-corrected chi connectivity index (χ3v) is 5.56. The van der Waals surface area contributed by atoms with Gasteiger partial charge in [0.25, 0.3) is 10.1 Å². The van der Waals surface area contributed by atoms with Gasteiger partial charge in [0.15, 0.2) is 0 Å². The van der Waals surface area contributed by atoms with Crippen LogP contribution in [0, 0.1) is 0 Å². The maximum absolute atomic E-state index is 11.8. The molecule has 3 unspecified atom stereocenters. The first kappa shape index (κ1) is 14.9. The van der Waals surface area contributed by atoms with Crippen LogP contribution in [0.15, 0.2) is 24.3 Å². The van der Waals surface area contributed by atoms with Crippen LogP contribution >= 0.6 is 34.8 Å². The van der Waals surface area contributed by atoms with Crippen LogP contribution < -0.4 is 0 Å². The molecule has 8 heteroatoms. The highest BCUT2D eigenvalue weighted by atomic mass is 35.6. The molecule has 1 heterocycles. The first-order chi connectivity index (χ1) is 9.27. The molecule has 3 atom stereocenters. The Bertz CT molecular complexity index is 629. The Morgan fingerprint density at radius 1 is 1.30 bits per heavy atom. The lowest BCUT2D eigenvalue weighted by Crippen LogP contribution is -2.24. The summed E-state index contributed by atoms with van der Waals surface area (Å²) >= 11 is 16.5. The number of alkyl halides is 3. The topological polar surface area (TPSA) is 46.4 Å². The number of aryl methyl sites for hydroxylation is 1. The molecule has 0 spiro atoms. The summed E-state index contributed by atoms with van der Waals surface area (Å²) in [6, 6.07) is 8.05. The van der Waals surface area contributed by atoms with Crippen molar-refractivity contribution in [2.75, 3.05) is 5.75 Å². The average molecular weight is 357 g/mol. The normalized spacial score (nSPS) is 28.6. The SMILES string of the molecule is O=S(=O)(CC(Cl)(Cl)Cl)ON1C2CCc3ccccc3C21. The predicted octanol–water partition coefficient (Wildman–Crippen LogP) is 2.99. The summed E-state index contributed by atoms with van der Waals surface area (Å²) in [5, 5.41) is 1.48. The number of rotatable bonds is 3. The van der Waals surface area contributed by atoms with Crippen LogP contribution in [0.1, 0.15) is 23.6 Å². The van der Waals surface area contributed by atoms with Gasteiger partial charge in [-0.15, -0.1) is 0 Å². The lowest BCUT2D eigenvalue weighted by molar-refractivity contribution is 0.0483. The van der Waals surface area contributed by atoms with Crippen molar-refractivity contribution >= 4 is 44.9 Å². The number of hydrogen-bond donors (Lipinski definition) is 0. The van der Waals surface area contributed by atoms with Gasteiger partial charge in [-0.2, -0.15) is 17.8 Å². The number of fused-ring (bicyclic) bond motifs is 3. The Hall–Kier alpha value is -0.0400. The quantitative estimate of drug-likeness (QED) is 0.617. The summed E-state index contributed by atoms with van der Waals surface area (Å²) in [6.07, 6.45) is 1.78. The first-order valence-electron chi connectivity index (χ1n) is 6.12. The van der Waals surface area contributed by atoms with Crippen molar-refractivity contribution in [3.63, 3.8) is 0 Å². The van der Waals surface area contributed by atoms with E-state index in [0.717, 1.165) is 18.4 Å². The van der Waals surface area contributed by atoms with Crippen LogP contribution in [0.3, 0.4) is 0 Å². The maximum Gasteiger partial charge on any atom is 0.287 e. The summed E-state index contributed by atoms with van der Waals surface area (Å²) in [5.41, 5.74) is 2.35. The Balaban J connectivity index is 1.74. The van der Waals surface area contributed by atoms with Crippen molar-refractivity contribution in [3.05, 3.63) is 35.4 Å². The van der Waals surface area contributed by atoms with Gasteiger partial charge in [0, 0.05) is 0 Å². The molecule has 0 N–H and O–H groups in total. The van der Waals surface area contributed by atoms with E-state index in [1.54, 1.807) is 0 Å². The molecule has 0 radical (unpaired) electrons. The monoisotopic (exact) mass is 355 g/mol. The highest BCUT2D eigenvalue weighted by Gasteiger charge is 2.55. The summed E-state index contributed by atoms with van der Waals surface area (Å²) in [5.74, 6) is -0.664. The molecule has 1 fully saturated rings. The standard InChI is InChI=1S/C12H12Cl3NO3S/c13-12(14,15)7-20(17,18)19-16-10-6-5-8-3-1-2-4-9(8)11(10)16/h1-4,10-11H,5-7H2. The highest BCUT2D eigenvalue weighted by molar-refractivity contribution is 7.87. The summed E-state index contributed by atoms with van der Waals surface area (Å²) in [7, 11) is -3.91. The smallest absolute Gasteiger partial charge is 0.198 e. The predicted molar refractivity (Wildman–Crippen MR) is 78.3 cm³/mol. The Morgan fingerprint density at radius 2 is 2.00 bits per heavy atom. The molecule has 20 heavy (non-hydrogen) atoms. The maximum atomic E-state index is 11.8. The van der Waals surface area contributed by atoms with Crippen LogP contribution in [0.5, 0.6) is 0 Å². The number of hydroxylamine groups is 2. The molecular weight excluding hydrogens is 345 g/mol. The van der Waals surface area contributed by atoms with E-state index >= 15 is 0 Å². The first-order valence-corrected chi connectivity index (χ1v) is 8.83. The second-order valence-electron chi connectivity index (χ2n) is 5.00. The molecule has 110 valence electrons. The van der Waals surface area contributed by atoms with Gasteiger partial charge in [-0.25, -0.2) is 0 Å². The van der Waals surface area contributed by atoms with Crippen LogP contribution in [0.25, 0.3) is 0 Å². The van der Waals surface area contributed by atoms with E-state index in [9.17, 15) is 8.42 Å². The summed E-state index contributed by atoms with van der Waals surface area (Å²) < 4.78 is 26.9. The second-order valence-corrected chi connectivity index (χ2v) is 9.07. The Kier molecular flexibility index (Phi) is 3.72. The van der Waals surface area contributed by atoms with Gasteiger partial charge in [-0.3, -0.25) is 0 Å². The molecule has 0 amide bonds. The Morgan fingerprint density at radius 3 is 2.70 bits per heavy atom. The van der Waals surface area contributed by atoms with Crippen LogP contribution in [0.4, 0.5) is 0 Å². The number of halogens is 3. The number of benzene rings is 1. The van der Waals surface area contributed by atoms with Crippen LogP contribution in [0.2, 0.25) is 0 Å². The third-order valence-electron chi connectivity index (χ3n) is 3.50. The fraction of sp³-hybridized carbons (Fsp3) is 0.500. The molecule has 1 aliphatic heterocycles. The lowest BCUT2D eigenvalue weighted by atomic mass is 9.92. The van der Waals surface area contributed by atoms with Gasteiger partial charge in [0.2, 0.25) is 3.79 Å². The van der Waals surface area contributed by atoms with E-state index in [0.29, 0.717) is 0 Å². The van der Waals surface area contributed by atoms with Crippen molar-refractivity contribution in [3.8, 4) is 0 Å². The molecule has 1 aromatic rings. The van der Waals surface area contributed by atoms with Gasteiger partial charge >= 0.3 is 0 Å². The van der Waals surface area contributed by atoms with E-state index in [-0.39, 0.29) is 12.1 Å². The van der Waals surface area contributed by atoms with Crippen molar-refractivity contribution in [1.82, 2.24) is 5.06 Å². The molecule has 1 aliphatic carbocycles. The summed E-state index contributed by atoms with van der Waals surface area (Å²) in [4.78, 5) is 0. The zero-order valence-electron chi connectivity index (χ0n) is 10.3. The van der Waals surface area contributed by atoms with E-state index in [1.165, 1.54) is 10.6 Å². The average Bonchev–Trinajstić information content (AvgIpc) is 2.99. The van der Waals surface area contributed by atoms with Crippen LogP contribution in [-0.2, 0) is 20.8 Å². The fourth-order valence-corrected chi connectivity index (χ4v) is 4.82. The van der Waals surface area contributed by atoms with Gasteiger partial charge in [0.05, 0.1) is 12.1 Å². The van der Waals surface area contributed by atoms with Crippen molar-refractivity contribution in [2.45, 2.75) is 28.7 Å². The number of hydrogen-bond acceptors (Lipinski definition) is 4. The zero-order valence-corrected chi connectivity index (χ0v) is 13.4. The van der Waals surface area contributed by atoms with E-state index in [4.69, 9.17) is 39.1 Å². The van der Waals surface area contributed by atoms with Crippen molar-refractivity contribution in [1.29, 1.82) is 0 Å². The molecule has 0 saturated carbocycles. The van der Waals surface area contributed by atoms with Crippen LogP contribution in [-0.4, -0.2) is 29.1 Å². The molecule has 1 saturated heterocycles. The van der Waals surface area contributed by atoms with Gasteiger partial charge in [0.1, 0.15) is 5.75 Å². The third kappa shape index (κ3) is 3.08. The Labute approximate surface area is 132 Å². The minimum absolute atomic E-state index is 0.00917. The van der Waals surface area contributed by atoms with Crippen molar-refractivity contribution in [2.24, 2.45) is 0 Å². The van der Waals surface area contributed by atoms with Gasteiger partial charge in [-0.1, -0.05) is 59.1 Å². The van der Waals surface area contributed by atoms with Gasteiger partial charge in [-0.05, 0) is 24.0 Å². The lowest BCUT2D eigenvalue weighted by Gasteiger charge is -2.12.